The zero-order chi connectivity index (χ0) is 20.3. The number of nitrogens with zero attached hydrogens (tertiary/aromatic N) is 2. The molecular formula is C20H17FN4O3. The lowest BCUT2D eigenvalue weighted by molar-refractivity contribution is -0.134. The summed E-state index contributed by atoms with van der Waals surface area (Å²) in [5.74, 6) is -1.58. The van der Waals surface area contributed by atoms with Crippen LogP contribution in [0.3, 0.4) is 0 Å². The maximum absolute atomic E-state index is 13.2. The molecule has 1 aliphatic rings. The molecule has 1 atom stereocenters. The van der Waals surface area contributed by atoms with E-state index in [0.29, 0.717) is 16.8 Å². The number of carbonyl (C=O) groups excluding carboxylic acids is 3. The Hall–Kier alpha value is -3.73. The van der Waals surface area contributed by atoms with Crippen molar-refractivity contribution in [3.8, 4) is 6.07 Å². The van der Waals surface area contributed by atoms with E-state index in [9.17, 15) is 18.8 Å². The summed E-state index contributed by atoms with van der Waals surface area (Å²) in [5.41, 5.74) is -0.000287. The predicted molar refractivity (Wildman–Crippen MR) is 98.4 cm³/mol. The largest absolute Gasteiger partial charge is 0.325 e. The van der Waals surface area contributed by atoms with Crippen LogP contribution in [0.25, 0.3) is 0 Å². The fraction of sp³-hybridized carbons (Fsp3) is 0.200. The Morgan fingerprint density at radius 2 is 1.82 bits per heavy atom. The molecule has 0 radical (unpaired) electrons. The molecule has 2 N–H and O–H groups in total. The summed E-state index contributed by atoms with van der Waals surface area (Å²) >= 11 is 0. The van der Waals surface area contributed by atoms with Crippen LogP contribution in [0.1, 0.15) is 24.5 Å². The number of imide groups is 1. The van der Waals surface area contributed by atoms with E-state index in [1.54, 1.807) is 31.2 Å². The van der Waals surface area contributed by atoms with Gasteiger partial charge >= 0.3 is 6.03 Å². The van der Waals surface area contributed by atoms with Gasteiger partial charge in [-0.3, -0.25) is 14.5 Å². The van der Waals surface area contributed by atoms with Crippen molar-refractivity contribution < 1.29 is 18.8 Å². The highest BCUT2D eigenvalue weighted by atomic mass is 19.1. The molecule has 1 saturated heterocycles. The number of nitriles is 1. The molecule has 142 valence electrons. The van der Waals surface area contributed by atoms with Gasteiger partial charge in [0.25, 0.3) is 5.91 Å². The first-order valence-electron chi connectivity index (χ1n) is 8.60. The molecule has 0 aliphatic carbocycles. The van der Waals surface area contributed by atoms with Crippen LogP contribution < -0.4 is 10.6 Å². The van der Waals surface area contributed by atoms with Crippen LogP contribution >= 0.6 is 0 Å². The molecule has 1 fully saturated rings. The fourth-order valence-corrected chi connectivity index (χ4v) is 3.12. The first-order chi connectivity index (χ1) is 13.4. The topological polar surface area (TPSA) is 102 Å². The monoisotopic (exact) mass is 380 g/mol. The van der Waals surface area contributed by atoms with E-state index in [-0.39, 0.29) is 6.42 Å². The maximum Gasteiger partial charge on any atom is 0.325 e. The van der Waals surface area contributed by atoms with E-state index in [1.807, 2.05) is 6.07 Å². The number of urea groups is 1. The quantitative estimate of drug-likeness (QED) is 0.778. The highest BCUT2D eigenvalue weighted by Gasteiger charge is 2.51. The number of amides is 4. The summed E-state index contributed by atoms with van der Waals surface area (Å²) in [4.78, 5) is 38.5. The number of rotatable bonds is 5. The average molecular weight is 380 g/mol. The summed E-state index contributed by atoms with van der Waals surface area (Å²) in [6.07, 6.45) is 0.247. The molecule has 0 saturated carbocycles. The van der Waals surface area contributed by atoms with Gasteiger partial charge in [-0.25, -0.2) is 9.18 Å². The number of halogens is 1. The van der Waals surface area contributed by atoms with Gasteiger partial charge in [0.1, 0.15) is 17.9 Å². The van der Waals surface area contributed by atoms with Crippen molar-refractivity contribution >= 4 is 23.5 Å². The van der Waals surface area contributed by atoms with Crippen LogP contribution in [0.15, 0.2) is 48.5 Å². The van der Waals surface area contributed by atoms with Crippen LogP contribution in [-0.2, 0) is 15.1 Å². The van der Waals surface area contributed by atoms with Crippen molar-refractivity contribution in [2.45, 2.75) is 18.9 Å². The van der Waals surface area contributed by atoms with Gasteiger partial charge < -0.3 is 10.6 Å². The van der Waals surface area contributed by atoms with Gasteiger partial charge in [-0.15, -0.1) is 0 Å². The Labute approximate surface area is 160 Å². The molecule has 0 bridgehead atoms. The van der Waals surface area contributed by atoms with Gasteiger partial charge in [-0.2, -0.15) is 5.26 Å². The number of benzene rings is 2. The van der Waals surface area contributed by atoms with Crippen molar-refractivity contribution in [2.75, 3.05) is 11.9 Å². The second kappa shape index (κ2) is 7.48. The Bertz CT molecular complexity index is 966. The molecule has 1 aliphatic heterocycles. The molecule has 3 rings (SSSR count). The van der Waals surface area contributed by atoms with E-state index >= 15 is 0 Å². The molecule has 1 unspecified atom stereocenters. The predicted octanol–water partition coefficient (Wildman–Crippen LogP) is 2.49. The van der Waals surface area contributed by atoms with E-state index in [1.165, 1.54) is 24.3 Å². The summed E-state index contributed by atoms with van der Waals surface area (Å²) in [5, 5.41) is 14.0. The molecule has 0 aromatic heterocycles. The van der Waals surface area contributed by atoms with Gasteiger partial charge in [-0.05, 0) is 48.4 Å². The van der Waals surface area contributed by atoms with Gasteiger partial charge in [0.05, 0.1) is 11.6 Å². The number of carbonyl (C=O) groups is 3. The van der Waals surface area contributed by atoms with Crippen molar-refractivity contribution in [2.24, 2.45) is 0 Å². The summed E-state index contributed by atoms with van der Waals surface area (Å²) in [7, 11) is 0. The molecule has 2 aromatic rings. The second-order valence-electron chi connectivity index (χ2n) is 6.32. The Morgan fingerprint density at radius 1 is 1.18 bits per heavy atom. The minimum absolute atomic E-state index is 0.247. The summed E-state index contributed by atoms with van der Waals surface area (Å²) in [6.45, 7) is 1.26. The Morgan fingerprint density at radius 3 is 2.39 bits per heavy atom. The van der Waals surface area contributed by atoms with E-state index in [4.69, 9.17) is 5.26 Å². The third-order valence-electron chi connectivity index (χ3n) is 4.64. The SMILES string of the molecule is CCC1(c2ccc(F)cc2)NC(=O)N(CC(=O)Nc2ccc(C#N)cc2)C1=O. The summed E-state index contributed by atoms with van der Waals surface area (Å²) < 4.78 is 13.2. The van der Waals surface area contributed by atoms with Crippen LogP contribution in [-0.4, -0.2) is 29.3 Å². The van der Waals surface area contributed by atoms with Crippen LogP contribution in [0.2, 0.25) is 0 Å². The highest BCUT2D eigenvalue weighted by molar-refractivity contribution is 6.10. The molecule has 4 amide bonds. The maximum atomic E-state index is 13.2. The molecule has 8 heteroatoms. The normalized spacial score (nSPS) is 18.5. The minimum atomic E-state index is -1.33. The van der Waals surface area contributed by atoms with Gasteiger partial charge in [0.2, 0.25) is 5.91 Å². The van der Waals surface area contributed by atoms with Crippen molar-refractivity contribution in [3.05, 3.63) is 65.5 Å². The van der Waals surface area contributed by atoms with Gasteiger partial charge in [0, 0.05) is 5.69 Å². The van der Waals surface area contributed by atoms with Crippen LogP contribution in [0.4, 0.5) is 14.9 Å². The average Bonchev–Trinajstić information content (AvgIpc) is 2.94. The number of hydrogen-bond acceptors (Lipinski definition) is 4. The van der Waals surface area contributed by atoms with E-state index in [0.717, 1.165) is 4.90 Å². The lowest BCUT2D eigenvalue weighted by Gasteiger charge is -2.25. The van der Waals surface area contributed by atoms with Crippen LogP contribution in [0.5, 0.6) is 0 Å². The Kier molecular flexibility index (Phi) is 5.09. The number of anilines is 1. The zero-order valence-corrected chi connectivity index (χ0v) is 15.0. The molecular weight excluding hydrogens is 363 g/mol. The van der Waals surface area contributed by atoms with Crippen molar-refractivity contribution in [1.29, 1.82) is 5.26 Å². The number of nitrogens with one attached hydrogen (secondary N) is 2. The standard InChI is InChI=1S/C20H17FN4O3/c1-2-20(14-5-7-15(21)8-6-14)18(27)25(19(28)24-20)12-17(26)23-16-9-3-13(11-22)4-10-16/h3-10H,2,12H2,1H3,(H,23,26)(H,24,28). The first kappa shape index (κ1) is 19.0. The van der Waals surface area contributed by atoms with E-state index < -0.39 is 35.7 Å². The smallest absolute Gasteiger partial charge is 0.325 e. The summed E-state index contributed by atoms with van der Waals surface area (Å²) in [6, 6.07) is 12.8. The molecule has 2 aromatic carbocycles. The van der Waals surface area contributed by atoms with Gasteiger partial charge in [-0.1, -0.05) is 19.1 Å². The highest BCUT2D eigenvalue weighted by Crippen LogP contribution is 2.32. The van der Waals surface area contributed by atoms with Crippen molar-refractivity contribution in [3.63, 3.8) is 0 Å². The van der Waals surface area contributed by atoms with Crippen molar-refractivity contribution in [1.82, 2.24) is 10.2 Å². The first-order valence-corrected chi connectivity index (χ1v) is 8.60. The lowest BCUT2D eigenvalue weighted by atomic mass is 9.87. The zero-order valence-electron chi connectivity index (χ0n) is 15.0. The molecule has 0 spiro atoms. The fourth-order valence-electron chi connectivity index (χ4n) is 3.12. The van der Waals surface area contributed by atoms with E-state index in [2.05, 4.69) is 10.6 Å². The molecule has 28 heavy (non-hydrogen) atoms. The van der Waals surface area contributed by atoms with Crippen LogP contribution in [0, 0.1) is 17.1 Å². The minimum Gasteiger partial charge on any atom is -0.325 e. The number of hydrogen-bond donors (Lipinski definition) is 2. The second-order valence-corrected chi connectivity index (χ2v) is 6.32. The molecule has 7 nitrogen and oxygen atoms in total. The van der Waals surface area contributed by atoms with Gasteiger partial charge in [0.15, 0.2) is 0 Å². The Balaban J connectivity index is 1.76. The molecule has 1 heterocycles. The third-order valence-corrected chi connectivity index (χ3v) is 4.64. The lowest BCUT2D eigenvalue weighted by Crippen LogP contribution is -2.44. The third kappa shape index (κ3) is 3.42.